The van der Waals surface area contributed by atoms with Crippen LogP contribution in [0.4, 0.5) is 4.39 Å². The Hall–Kier alpha value is -2.27. The van der Waals surface area contributed by atoms with E-state index in [0.717, 1.165) is 36.8 Å². The lowest BCUT2D eigenvalue weighted by Crippen LogP contribution is -2.61. The molecule has 5 atom stereocenters. The van der Waals surface area contributed by atoms with Gasteiger partial charge in [0, 0.05) is 50.6 Å². The summed E-state index contributed by atoms with van der Waals surface area (Å²) in [6, 6.07) is 8.81. The molecule has 2 amide bonds. The number of piperazine rings is 1. The Kier molecular flexibility index (Phi) is 12.5. The highest BCUT2D eigenvalue weighted by Crippen LogP contribution is 2.35. The van der Waals surface area contributed by atoms with Gasteiger partial charge in [0.15, 0.2) is 0 Å². The van der Waals surface area contributed by atoms with Crippen LogP contribution in [0.2, 0.25) is 10.0 Å². The van der Waals surface area contributed by atoms with Crippen molar-refractivity contribution in [1.82, 2.24) is 20.4 Å². The molecule has 4 N–H and O–H groups in total. The van der Waals surface area contributed by atoms with E-state index in [2.05, 4.69) is 15.5 Å². The molecule has 0 spiro atoms. The van der Waals surface area contributed by atoms with Crippen molar-refractivity contribution in [3.8, 4) is 0 Å². The number of halogens is 3. The van der Waals surface area contributed by atoms with E-state index in [0.29, 0.717) is 60.5 Å². The summed E-state index contributed by atoms with van der Waals surface area (Å²) in [6.45, 7) is 8.42. The Balaban J connectivity index is 1.28. The highest BCUT2D eigenvalue weighted by atomic mass is 35.5. The maximum atomic E-state index is 14.1. The molecule has 0 radical (unpaired) electrons. The molecule has 0 aromatic heterocycles. The first-order valence-corrected chi connectivity index (χ1v) is 18.2. The summed E-state index contributed by atoms with van der Waals surface area (Å²) in [5.41, 5.74) is 2.01. The fourth-order valence-electron chi connectivity index (χ4n) is 7.68. The van der Waals surface area contributed by atoms with Gasteiger partial charge in [-0.15, -0.1) is 0 Å². The van der Waals surface area contributed by atoms with Crippen LogP contribution in [-0.4, -0.2) is 81.8 Å². The molecule has 11 heteroatoms. The molecule has 0 bridgehead atoms. The number of amides is 2. The van der Waals surface area contributed by atoms with E-state index in [1.807, 2.05) is 37.8 Å². The summed E-state index contributed by atoms with van der Waals surface area (Å²) >= 11 is 12.4. The summed E-state index contributed by atoms with van der Waals surface area (Å²) in [6.07, 6.45) is 5.10. The second-order valence-electron chi connectivity index (χ2n) is 15.2. The van der Waals surface area contributed by atoms with Gasteiger partial charge in [0.2, 0.25) is 11.8 Å². The molecule has 1 aliphatic heterocycles. The number of aliphatic hydroxyl groups is 2. The number of fused-ring (bicyclic) bond motifs is 1. The largest absolute Gasteiger partial charge is 0.392 e. The van der Waals surface area contributed by atoms with Crippen LogP contribution in [0.25, 0.3) is 0 Å². The minimum absolute atomic E-state index is 0.105. The fraction of sp³-hybridized carbons (Fsp3) is 0.622. The molecular formula is C37H51Cl2FN4O4. The third-order valence-electron chi connectivity index (χ3n) is 10.0. The first-order chi connectivity index (χ1) is 22.8. The standard InChI is InChI=1S/C37H51Cl2FN4O4/c1-37(2,3)42-36(48)32-22-43(20-24-9-12-30(38)31(39)16-24)13-14-44(32)21-28(45)17-26(15-23-7-5-4-6-8-23)35(47)41-34-29-19-27(40)11-10-25(29)18-33(34)46/h9-12,16,19,23,26,28,32-34,45-46H,4-8,13-15,17-18,20-22H2,1-3H3,(H,41,47)(H,42,48)/t26-,28+,32+,33-,34+/m1/s1. The lowest BCUT2D eigenvalue weighted by molar-refractivity contribution is -0.132. The number of benzene rings is 2. The van der Waals surface area contributed by atoms with Crippen molar-refractivity contribution in [2.45, 2.75) is 109 Å². The fourth-order valence-corrected chi connectivity index (χ4v) is 8.00. The topological polar surface area (TPSA) is 105 Å². The normalized spacial score (nSPS) is 23.8. The number of hydrogen-bond donors (Lipinski definition) is 4. The SMILES string of the molecule is CC(C)(C)NC(=O)[C@@H]1CN(Cc2ccc(Cl)c(Cl)c2)CCN1C[C@@H](O)C[C@@H](CC1CCCCC1)C(=O)N[C@H]1c2cc(F)ccc2C[C@H]1O. The van der Waals surface area contributed by atoms with Gasteiger partial charge in [0.05, 0.1) is 28.3 Å². The van der Waals surface area contributed by atoms with Gasteiger partial charge < -0.3 is 20.8 Å². The summed E-state index contributed by atoms with van der Waals surface area (Å²) in [5, 5.41) is 29.5. The molecule has 5 rings (SSSR count). The van der Waals surface area contributed by atoms with Crippen LogP contribution in [0.1, 0.15) is 88.4 Å². The van der Waals surface area contributed by atoms with Gasteiger partial charge in [0.1, 0.15) is 11.9 Å². The Morgan fingerprint density at radius 3 is 2.50 bits per heavy atom. The van der Waals surface area contributed by atoms with Crippen molar-refractivity contribution in [3.63, 3.8) is 0 Å². The first-order valence-electron chi connectivity index (χ1n) is 17.4. The van der Waals surface area contributed by atoms with Crippen molar-refractivity contribution in [3.05, 3.63) is 69.0 Å². The number of β-amino-alcohol motifs (C(OH)–C–C–N with tert-alkyl or cyclic N) is 1. The predicted octanol–water partition coefficient (Wildman–Crippen LogP) is 5.65. The van der Waals surface area contributed by atoms with E-state index in [1.54, 1.807) is 12.1 Å². The Labute approximate surface area is 294 Å². The number of carbonyl (C=O) groups excluding carboxylic acids is 2. The maximum absolute atomic E-state index is 14.1. The quantitative estimate of drug-likeness (QED) is 0.241. The van der Waals surface area contributed by atoms with Gasteiger partial charge in [0.25, 0.3) is 0 Å². The number of rotatable bonds is 11. The van der Waals surface area contributed by atoms with Crippen LogP contribution < -0.4 is 10.6 Å². The smallest absolute Gasteiger partial charge is 0.239 e. The van der Waals surface area contributed by atoms with Crippen molar-refractivity contribution >= 4 is 35.0 Å². The van der Waals surface area contributed by atoms with Crippen LogP contribution in [0.15, 0.2) is 36.4 Å². The van der Waals surface area contributed by atoms with Crippen molar-refractivity contribution in [2.24, 2.45) is 11.8 Å². The van der Waals surface area contributed by atoms with Crippen LogP contribution >= 0.6 is 23.2 Å². The number of nitrogens with one attached hydrogen (secondary N) is 2. The Morgan fingerprint density at radius 2 is 1.79 bits per heavy atom. The predicted molar refractivity (Wildman–Crippen MR) is 187 cm³/mol. The highest BCUT2D eigenvalue weighted by Gasteiger charge is 2.38. The summed E-state index contributed by atoms with van der Waals surface area (Å²) in [7, 11) is 0. The highest BCUT2D eigenvalue weighted by molar-refractivity contribution is 6.42. The molecule has 2 fully saturated rings. The second kappa shape index (κ2) is 16.2. The lowest BCUT2D eigenvalue weighted by Gasteiger charge is -2.42. The van der Waals surface area contributed by atoms with E-state index in [4.69, 9.17) is 23.2 Å². The molecule has 1 saturated heterocycles. The zero-order chi connectivity index (χ0) is 34.6. The Morgan fingerprint density at radius 1 is 1.04 bits per heavy atom. The first kappa shape index (κ1) is 37.0. The van der Waals surface area contributed by atoms with Crippen LogP contribution in [-0.2, 0) is 22.6 Å². The van der Waals surface area contributed by atoms with Gasteiger partial charge in [-0.2, -0.15) is 0 Å². The third-order valence-corrected chi connectivity index (χ3v) is 10.8. The van der Waals surface area contributed by atoms with E-state index in [-0.39, 0.29) is 24.8 Å². The molecule has 1 heterocycles. The average Bonchev–Trinajstić information content (AvgIpc) is 3.32. The lowest BCUT2D eigenvalue weighted by atomic mass is 9.80. The number of carbonyl (C=O) groups is 2. The molecule has 2 aromatic rings. The minimum atomic E-state index is -0.853. The van der Waals surface area contributed by atoms with Gasteiger partial charge in [-0.25, -0.2) is 4.39 Å². The van der Waals surface area contributed by atoms with Crippen LogP contribution in [0.3, 0.4) is 0 Å². The summed E-state index contributed by atoms with van der Waals surface area (Å²) < 4.78 is 14.1. The van der Waals surface area contributed by atoms with Crippen LogP contribution in [0.5, 0.6) is 0 Å². The van der Waals surface area contributed by atoms with E-state index >= 15 is 0 Å². The van der Waals surface area contributed by atoms with Gasteiger partial charge in [-0.3, -0.25) is 19.4 Å². The van der Waals surface area contributed by atoms with E-state index < -0.39 is 41.6 Å². The van der Waals surface area contributed by atoms with Crippen molar-refractivity contribution in [1.29, 1.82) is 0 Å². The minimum Gasteiger partial charge on any atom is -0.392 e. The zero-order valence-electron chi connectivity index (χ0n) is 28.4. The van der Waals surface area contributed by atoms with E-state index in [9.17, 15) is 24.2 Å². The van der Waals surface area contributed by atoms with Gasteiger partial charge in [-0.05, 0) is 80.5 Å². The average molecular weight is 706 g/mol. The zero-order valence-corrected chi connectivity index (χ0v) is 29.9. The van der Waals surface area contributed by atoms with Crippen molar-refractivity contribution in [2.75, 3.05) is 26.2 Å². The maximum Gasteiger partial charge on any atom is 0.239 e. The Bertz CT molecular complexity index is 1430. The molecule has 48 heavy (non-hydrogen) atoms. The third kappa shape index (κ3) is 9.92. The van der Waals surface area contributed by atoms with Crippen molar-refractivity contribution < 1.29 is 24.2 Å². The molecule has 0 unspecified atom stereocenters. The molecule has 264 valence electrons. The summed E-state index contributed by atoms with van der Waals surface area (Å²) in [5.74, 6) is -0.834. The molecular weight excluding hydrogens is 654 g/mol. The monoisotopic (exact) mass is 704 g/mol. The number of hydrogen-bond acceptors (Lipinski definition) is 6. The molecule has 8 nitrogen and oxygen atoms in total. The molecule has 2 aliphatic carbocycles. The summed E-state index contributed by atoms with van der Waals surface area (Å²) in [4.78, 5) is 31.8. The second-order valence-corrected chi connectivity index (χ2v) is 16.0. The molecule has 2 aromatic carbocycles. The van der Waals surface area contributed by atoms with Gasteiger partial charge in [-0.1, -0.05) is 67.4 Å². The van der Waals surface area contributed by atoms with E-state index in [1.165, 1.54) is 18.6 Å². The van der Waals surface area contributed by atoms with Crippen LogP contribution in [0, 0.1) is 17.7 Å². The number of nitrogens with zero attached hydrogens (tertiary/aromatic N) is 2. The van der Waals surface area contributed by atoms with Gasteiger partial charge >= 0.3 is 0 Å². The molecule has 1 saturated carbocycles. The number of aliphatic hydroxyl groups excluding tert-OH is 2. The molecule has 3 aliphatic rings.